The first kappa shape index (κ1) is 18.6. The Morgan fingerprint density at radius 3 is 2.67 bits per heavy atom. The van der Waals surface area contributed by atoms with Gasteiger partial charge in [0.05, 0.1) is 23.2 Å². The predicted molar refractivity (Wildman–Crippen MR) is 101 cm³/mol. The maximum Gasteiger partial charge on any atom is 0.341 e. The lowest BCUT2D eigenvalue weighted by atomic mass is 10.2. The van der Waals surface area contributed by atoms with Crippen molar-refractivity contribution in [2.24, 2.45) is 0 Å². The molecule has 0 aliphatic heterocycles. The molecule has 1 heterocycles. The highest BCUT2D eigenvalue weighted by Gasteiger charge is 2.21. The molecule has 3 rings (SSSR count). The molecule has 0 spiro atoms. The number of esters is 1. The number of aromatic nitrogens is 2. The molecular formula is C19H16ClN3O4. The van der Waals surface area contributed by atoms with Crippen molar-refractivity contribution in [2.45, 2.75) is 13.0 Å². The highest BCUT2D eigenvalue weighted by atomic mass is 35.5. The Balaban J connectivity index is 1.70. The number of anilines is 1. The number of nitrogens with zero attached hydrogens (tertiary/aromatic N) is 2. The average molecular weight is 386 g/mol. The molecule has 1 unspecified atom stereocenters. The second-order valence-electron chi connectivity index (χ2n) is 5.62. The molecule has 0 bridgehead atoms. The summed E-state index contributed by atoms with van der Waals surface area (Å²) in [5.41, 5.74) is 1.69. The fourth-order valence-electron chi connectivity index (χ4n) is 2.42. The van der Waals surface area contributed by atoms with Crippen LogP contribution in [-0.2, 0) is 9.53 Å². The minimum absolute atomic E-state index is 0.243. The van der Waals surface area contributed by atoms with Gasteiger partial charge in [-0.15, -0.1) is 0 Å². The number of rotatable bonds is 5. The number of nitrogens with one attached hydrogen (secondary N) is 1. The fourth-order valence-corrected chi connectivity index (χ4v) is 2.68. The van der Waals surface area contributed by atoms with Gasteiger partial charge in [-0.3, -0.25) is 14.8 Å². The Hall–Kier alpha value is -3.19. The first-order valence-corrected chi connectivity index (χ1v) is 8.42. The summed E-state index contributed by atoms with van der Waals surface area (Å²) in [6.45, 7) is 1.48. The quantitative estimate of drug-likeness (QED) is 0.676. The average Bonchev–Trinajstić information content (AvgIpc) is 2.67. The van der Waals surface area contributed by atoms with Gasteiger partial charge in [0, 0.05) is 18.1 Å². The van der Waals surface area contributed by atoms with Crippen molar-refractivity contribution in [1.29, 1.82) is 0 Å². The molecule has 8 heteroatoms. The summed E-state index contributed by atoms with van der Waals surface area (Å²) in [5.74, 6) is -0.654. The first-order chi connectivity index (χ1) is 13.0. The Kier molecular flexibility index (Phi) is 5.52. The lowest BCUT2D eigenvalue weighted by molar-refractivity contribution is -0.123. The fraction of sp³-hybridized carbons (Fsp3) is 0.158. The number of para-hydroxylation sites is 1. The highest BCUT2D eigenvalue weighted by Crippen LogP contribution is 2.27. The van der Waals surface area contributed by atoms with Crippen molar-refractivity contribution in [1.82, 2.24) is 9.97 Å². The zero-order valence-corrected chi connectivity index (χ0v) is 15.4. The summed E-state index contributed by atoms with van der Waals surface area (Å²) in [7, 11) is 1.50. The van der Waals surface area contributed by atoms with E-state index in [1.807, 2.05) is 0 Å². The van der Waals surface area contributed by atoms with E-state index in [9.17, 15) is 9.59 Å². The van der Waals surface area contributed by atoms with E-state index in [0.29, 0.717) is 27.5 Å². The number of methoxy groups -OCH3 is 1. The van der Waals surface area contributed by atoms with Crippen LogP contribution in [0.1, 0.15) is 17.3 Å². The molecule has 138 valence electrons. The van der Waals surface area contributed by atoms with E-state index in [1.165, 1.54) is 26.4 Å². The number of halogens is 1. The van der Waals surface area contributed by atoms with Crippen LogP contribution >= 0.6 is 11.6 Å². The van der Waals surface area contributed by atoms with E-state index in [2.05, 4.69) is 15.3 Å². The van der Waals surface area contributed by atoms with E-state index in [0.717, 1.165) is 0 Å². The van der Waals surface area contributed by atoms with Crippen LogP contribution in [0.4, 0.5) is 5.69 Å². The second-order valence-corrected chi connectivity index (χ2v) is 6.02. The normalized spacial score (nSPS) is 11.7. The van der Waals surface area contributed by atoms with Crippen molar-refractivity contribution >= 4 is 40.2 Å². The Labute approximate surface area is 160 Å². The molecule has 7 nitrogen and oxygen atoms in total. The third-order valence-corrected chi connectivity index (χ3v) is 4.09. The van der Waals surface area contributed by atoms with Crippen LogP contribution in [0.25, 0.3) is 11.0 Å². The highest BCUT2D eigenvalue weighted by molar-refractivity contribution is 6.32. The van der Waals surface area contributed by atoms with Crippen molar-refractivity contribution in [2.75, 3.05) is 12.4 Å². The van der Waals surface area contributed by atoms with Crippen molar-refractivity contribution in [3.8, 4) is 5.75 Å². The van der Waals surface area contributed by atoms with E-state index < -0.39 is 18.0 Å². The number of hydrogen-bond donors (Lipinski definition) is 1. The third kappa shape index (κ3) is 4.15. The summed E-state index contributed by atoms with van der Waals surface area (Å²) in [6.07, 6.45) is 2.00. The molecule has 0 aliphatic rings. The molecule has 0 saturated carbocycles. The molecule has 3 aromatic rings. The largest absolute Gasteiger partial charge is 0.495 e. The third-order valence-electron chi connectivity index (χ3n) is 3.79. The number of carbonyl (C=O) groups is 2. The lowest BCUT2D eigenvalue weighted by Crippen LogP contribution is -2.30. The molecule has 1 atom stereocenters. The maximum absolute atomic E-state index is 12.5. The lowest BCUT2D eigenvalue weighted by Gasteiger charge is -2.14. The zero-order valence-electron chi connectivity index (χ0n) is 14.6. The molecule has 0 radical (unpaired) electrons. The molecule has 2 aromatic carbocycles. The molecule has 1 aromatic heterocycles. The number of hydrogen-bond acceptors (Lipinski definition) is 6. The predicted octanol–water partition coefficient (Wildman–Crippen LogP) is 3.48. The standard InChI is InChI=1S/C19H16ClN3O4/c1-11(18(24)23-12-6-7-16(26-2)14(20)10-12)27-19(25)13-4-3-5-15-17(13)22-9-8-21-15/h3-11H,1-2H3,(H,23,24). The molecule has 27 heavy (non-hydrogen) atoms. The van der Waals surface area contributed by atoms with Crippen LogP contribution < -0.4 is 10.1 Å². The van der Waals surface area contributed by atoms with E-state index in [4.69, 9.17) is 21.1 Å². The number of benzene rings is 2. The molecule has 0 aliphatic carbocycles. The van der Waals surface area contributed by atoms with Crippen molar-refractivity contribution in [3.05, 3.63) is 59.4 Å². The Morgan fingerprint density at radius 1 is 1.15 bits per heavy atom. The summed E-state index contributed by atoms with van der Waals surface area (Å²) in [6, 6.07) is 9.81. The van der Waals surface area contributed by atoms with Crippen molar-refractivity contribution < 1.29 is 19.1 Å². The number of carbonyl (C=O) groups excluding carboxylic acids is 2. The van der Waals surface area contributed by atoms with Crippen LogP contribution in [0.3, 0.4) is 0 Å². The second kappa shape index (κ2) is 8.01. The van der Waals surface area contributed by atoms with Gasteiger partial charge in [-0.1, -0.05) is 17.7 Å². The smallest absolute Gasteiger partial charge is 0.341 e. The first-order valence-electron chi connectivity index (χ1n) is 8.04. The van der Waals surface area contributed by atoms with Gasteiger partial charge in [0.2, 0.25) is 0 Å². The minimum atomic E-state index is -1.02. The SMILES string of the molecule is COc1ccc(NC(=O)C(C)OC(=O)c2cccc3nccnc23)cc1Cl. The van der Waals surface area contributed by atoms with Crippen LogP contribution in [0.2, 0.25) is 5.02 Å². The molecule has 0 fully saturated rings. The molecule has 1 N–H and O–H groups in total. The zero-order chi connectivity index (χ0) is 19.4. The summed E-state index contributed by atoms with van der Waals surface area (Å²) in [4.78, 5) is 33.1. The number of amides is 1. The van der Waals surface area contributed by atoms with Gasteiger partial charge in [-0.05, 0) is 37.3 Å². The number of fused-ring (bicyclic) bond motifs is 1. The van der Waals surface area contributed by atoms with Gasteiger partial charge in [0.25, 0.3) is 5.91 Å². The van der Waals surface area contributed by atoms with Crippen LogP contribution in [-0.4, -0.2) is 35.1 Å². The van der Waals surface area contributed by atoms with E-state index in [1.54, 1.807) is 36.4 Å². The molecule has 0 saturated heterocycles. The van der Waals surface area contributed by atoms with Gasteiger partial charge in [0.15, 0.2) is 6.10 Å². The molecule has 1 amide bonds. The topological polar surface area (TPSA) is 90.4 Å². The molecular weight excluding hydrogens is 370 g/mol. The van der Waals surface area contributed by atoms with Gasteiger partial charge < -0.3 is 14.8 Å². The Morgan fingerprint density at radius 2 is 1.93 bits per heavy atom. The van der Waals surface area contributed by atoms with Crippen LogP contribution in [0.15, 0.2) is 48.8 Å². The van der Waals surface area contributed by atoms with Gasteiger partial charge in [0.1, 0.15) is 11.3 Å². The van der Waals surface area contributed by atoms with Crippen LogP contribution in [0.5, 0.6) is 5.75 Å². The van der Waals surface area contributed by atoms with E-state index in [-0.39, 0.29) is 5.56 Å². The number of ether oxygens (including phenoxy) is 2. The monoisotopic (exact) mass is 385 g/mol. The van der Waals surface area contributed by atoms with Gasteiger partial charge >= 0.3 is 5.97 Å². The van der Waals surface area contributed by atoms with E-state index >= 15 is 0 Å². The maximum atomic E-state index is 12.5. The van der Waals surface area contributed by atoms with Crippen LogP contribution in [0, 0.1) is 0 Å². The van der Waals surface area contributed by atoms with Crippen molar-refractivity contribution in [3.63, 3.8) is 0 Å². The summed E-state index contributed by atoms with van der Waals surface area (Å²) < 4.78 is 10.3. The Bertz CT molecular complexity index is 1000. The summed E-state index contributed by atoms with van der Waals surface area (Å²) >= 11 is 6.04. The van der Waals surface area contributed by atoms with Gasteiger partial charge in [-0.25, -0.2) is 4.79 Å². The minimum Gasteiger partial charge on any atom is -0.495 e. The van der Waals surface area contributed by atoms with Gasteiger partial charge in [-0.2, -0.15) is 0 Å². The summed E-state index contributed by atoms with van der Waals surface area (Å²) in [5, 5.41) is 3.00.